The number of rotatable bonds is 0. The van der Waals surface area contributed by atoms with Crippen LogP contribution >= 0.6 is 13.5 Å². The molecule has 1 aromatic heterocycles. The van der Waals surface area contributed by atoms with Gasteiger partial charge in [0.05, 0.1) is 6.33 Å². The maximum Gasteiger partial charge on any atom is 0.250 e. The monoisotopic (exact) mass is 130 g/mol. The standard InChI is InChI=1S/C4H4N2O.H2S/c7-4-1-2-5-3-6-4;/h1-3H,(H,5,6,7);1H2. The fourth-order valence-electron chi connectivity index (χ4n) is 0.303. The Morgan fingerprint density at radius 1 is 1.62 bits per heavy atom. The SMILES string of the molecule is O=c1ccnc[nH]1.S. The minimum absolute atomic E-state index is 0. The van der Waals surface area contributed by atoms with E-state index >= 15 is 0 Å². The Morgan fingerprint density at radius 3 is 2.62 bits per heavy atom. The van der Waals surface area contributed by atoms with Gasteiger partial charge in [0.25, 0.3) is 5.56 Å². The summed E-state index contributed by atoms with van der Waals surface area (Å²) in [6.07, 6.45) is 2.79. The Kier molecular flexibility index (Phi) is 2.95. The van der Waals surface area contributed by atoms with Crippen molar-refractivity contribution < 1.29 is 0 Å². The molecule has 0 aliphatic rings. The summed E-state index contributed by atoms with van der Waals surface area (Å²) < 4.78 is 0. The van der Waals surface area contributed by atoms with Crippen molar-refractivity contribution in [2.45, 2.75) is 0 Å². The average Bonchev–Trinajstić information content (AvgIpc) is 1.69. The van der Waals surface area contributed by atoms with E-state index in [0.717, 1.165) is 0 Å². The van der Waals surface area contributed by atoms with E-state index in [-0.39, 0.29) is 19.1 Å². The summed E-state index contributed by atoms with van der Waals surface area (Å²) in [6.45, 7) is 0. The van der Waals surface area contributed by atoms with Crippen molar-refractivity contribution in [2.75, 3.05) is 0 Å². The molecule has 4 heteroatoms. The van der Waals surface area contributed by atoms with Crippen molar-refractivity contribution in [1.82, 2.24) is 9.97 Å². The molecule has 0 fully saturated rings. The van der Waals surface area contributed by atoms with Crippen LogP contribution in [0.2, 0.25) is 0 Å². The van der Waals surface area contributed by atoms with E-state index in [1.807, 2.05) is 0 Å². The summed E-state index contributed by atoms with van der Waals surface area (Å²) in [6, 6.07) is 1.36. The number of aromatic amines is 1. The van der Waals surface area contributed by atoms with Crippen molar-refractivity contribution in [3.8, 4) is 0 Å². The molecule has 8 heavy (non-hydrogen) atoms. The summed E-state index contributed by atoms with van der Waals surface area (Å²) in [5, 5.41) is 0. The zero-order valence-corrected chi connectivity index (χ0v) is 5.09. The molecule has 1 rings (SSSR count). The van der Waals surface area contributed by atoms with E-state index in [4.69, 9.17) is 0 Å². The van der Waals surface area contributed by atoms with Crippen LogP contribution in [0.25, 0.3) is 0 Å². The lowest BCUT2D eigenvalue weighted by molar-refractivity contribution is 1.12. The lowest BCUT2D eigenvalue weighted by atomic mass is 10.7. The lowest BCUT2D eigenvalue weighted by Crippen LogP contribution is -2.00. The predicted octanol–water partition coefficient (Wildman–Crippen LogP) is -0.117. The molecule has 0 saturated carbocycles. The molecule has 3 nitrogen and oxygen atoms in total. The van der Waals surface area contributed by atoms with Gasteiger partial charge in [0, 0.05) is 12.3 Å². The van der Waals surface area contributed by atoms with E-state index in [2.05, 4.69) is 9.97 Å². The molecule has 1 N–H and O–H groups in total. The van der Waals surface area contributed by atoms with Gasteiger partial charge in [0.15, 0.2) is 0 Å². The van der Waals surface area contributed by atoms with Crippen molar-refractivity contribution in [2.24, 2.45) is 0 Å². The zero-order chi connectivity index (χ0) is 5.11. The van der Waals surface area contributed by atoms with Gasteiger partial charge in [0.2, 0.25) is 0 Å². The van der Waals surface area contributed by atoms with Crippen LogP contribution in [0.4, 0.5) is 0 Å². The Morgan fingerprint density at radius 2 is 2.38 bits per heavy atom. The van der Waals surface area contributed by atoms with Crippen molar-refractivity contribution in [3.05, 3.63) is 28.9 Å². The highest BCUT2D eigenvalue weighted by Gasteiger charge is 1.70. The maximum atomic E-state index is 10.2. The molecule has 0 saturated heterocycles. The zero-order valence-electron chi connectivity index (χ0n) is 4.09. The molecule has 0 bridgehead atoms. The highest BCUT2D eigenvalue weighted by molar-refractivity contribution is 7.59. The topological polar surface area (TPSA) is 45.8 Å². The molecule has 0 aromatic carbocycles. The second-order valence-electron chi connectivity index (χ2n) is 1.10. The van der Waals surface area contributed by atoms with Gasteiger partial charge in [-0.2, -0.15) is 13.5 Å². The first-order valence-corrected chi connectivity index (χ1v) is 1.88. The Labute approximate surface area is 53.2 Å². The second-order valence-corrected chi connectivity index (χ2v) is 1.10. The third-order valence-corrected chi connectivity index (χ3v) is 0.593. The number of nitrogens with one attached hydrogen (secondary N) is 1. The average molecular weight is 130 g/mol. The molecule has 0 spiro atoms. The molecule has 0 aliphatic heterocycles. The summed E-state index contributed by atoms with van der Waals surface area (Å²) in [7, 11) is 0. The first-order valence-electron chi connectivity index (χ1n) is 1.88. The largest absolute Gasteiger partial charge is 0.313 e. The van der Waals surface area contributed by atoms with E-state index in [1.54, 1.807) is 0 Å². The van der Waals surface area contributed by atoms with Gasteiger partial charge in [-0.05, 0) is 0 Å². The predicted molar refractivity (Wildman–Crippen MR) is 35.2 cm³/mol. The smallest absolute Gasteiger partial charge is 0.250 e. The van der Waals surface area contributed by atoms with Crippen LogP contribution in [-0.2, 0) is 0 Å². The molecule has 0 aliphatic carbocycles. The number of hydrogen-bond acceptors (Lipinski definition) is 2. The van der Waals surface area contributed by atoms with Gasteiger partial charge in [-0.25, -0.2) is 4.98 Å². The van der Waals surface area contributed by atoms with Crippen LogP contribution < -0.4 is 5.56 Å². The third kappa shape index (κ3) is 1.79. The van der Waals surface area contributed by atoms with E-state index in [1.165, 1.54) is 18.6 Å². The summed E-state index contributed by atoms with van der Waals surface area (Å²) in [5.74, 6) is 0. The first kappa shape index (κ1) is 7.23. The van der Waals surface area contributed by atoms with Crippen LogP contribution in [0.3, 0.4) is 0 Å². The molecule has 0 unspecified atom stereocenters. The molecule has 0 amide bonds. The second kappa shape index (κ2) is 3.26. The quantitative estimate of drug-likeness (QED) is 0.532. The van der Waals surface area contributed by atoms with Gasteiger partial charge in [-0.15, -0.1) is 0 Å². The van der Waals surface area contributed by atoms with Crippen molar-refractivity contribution in [1.29, 1.82) is 0 Å². The van der Waals surface area contributed by atoms with E-state index < -0.39 is 0 Å². The molecular weight excluding hydrogens is 124 g/mol. The maximum absolute atomic E-state index is 10.2. The van der Waals surface area contributed by atoms with Crippen LogP contribution in [0.1, 0.15) is 0 Å². The fourth-order valence-corrected chi connectivity index (χ4v) is 0.303. The van der Waals surface area contributed by atoms with E-state index in [0.29, 0.717) is 0 Å². The number of H-pyrrole nitrogens is 1. The molecule has 0 radical (unpaired) electrons. The Balaban J connectivity index is 0.000000490. The van der Waals surface area contributed by atoms with Crippen molar-refractivity contribution >= 4 is 13.5 Å². The van der Waals surface area contributed by atoms with Gasteiger partial charge < -0.3 is 4.98 Å². The van der Waals surface area contributed by atoms with Crippen LogP contribution in [0.5, 0.6) is 0 Å². The van der Waals surface area contributed by atoms with E-state index in [9.17, 15) is 4.79 Å². The third-order valence-electron chi connectivity index (χ3n) is 0.593. The van der Waals surface area contributed by atoms with Crippen LogP contribution in [0.15, 0.2) is 23.4 Å². The molecule has 0 atom stereocenters. The fraction of sp³-hybridized carbons (Fsp3) is 0. The lowest BCUT2D eigenvalue weighted by Gasteiger charge is -1.73. The summed E-state index contributed by atoms with van der Waals surface area (Å²) in [5.41, 5.74) is -0.116. The van der Waals surface area contributed by atoms with Crippen LogP contribution in [-0.4, -0.2) is 9.97 Å². The summed E-state index contributed by atoms with van der Waals surface area (Å²) >= 11 is 0. The highest BCUT2D eigenvalue weighted by atomic mass is 32.1. The molecule has 1 aromatic rings. The van der Waals surface area contributed by atoms with Crippen LogP contribution in [0, 0.1) is 0 Å². The molecule has 44 valence electrons. The number of hydrogen-bond donors (Lipinski definition) is 1. The minimum atomic E-state index is -0.116. The van der Waals surface area contributed by atoms with Gasteiger partial charge >= 0.3 is 0 Å². The van der Waals surface area contributed by atoms with Crippen molar-refractivity contribution in [3.63, 3.8) is 0 Å². The minimum Gasteiger partial charge on any atom is -0.313 e. The molecular formula is C4H6N2OS. The molecule has 1 heterocycles. The first-order chi connectivity index (χ1) is 3.39. The van der Waals surface area contributed by atoms with Gasteiger partial charge in [-0.1, -0.05) is 0 Å². The Hall–Kier alpha value is -0.770. The Bertz CT molecular complexity index is 180. The normalized spacial score (nSPS) is 7.50. The summed E-state index contributed by atoms with van der Waals surface area (Å²) in [4.78, 5) is 16.1. The van der Waals surface area contributed by atoms with Gasteiger partial charge in [-0.3, -0.25) is 4.79 Å². The highest BCUT2D eigenvalue weighted by Crippen LogP contribution is 1.57. The number of nitrogens with zero attached hydrogens (tertiary/aromatic N) is 1. The van der Waals surface area contributed by atoms with Gasteiger partial charge in [0.1, 0.15) is 0 Å². The number of aromatic nitrogens is 2.